The number of nitrogens with zero attached hydrogens (tertiary/aromatic N) is 1. The van der Waals surface area contributed by atoms with Crippen molar-refractivity contribution in [1.82, 2.24) is 4.90 Å². The van der Waals surface area contributed by atoms with Crippen molar-refractivity contribution in [2.24, 2.45) is 11.7 Å². The van der Waals surface area contributed by atoms with E-state index in [1.54, 1.807) is 0 Å². The number of rotatable bonds is 1. The van der Waals surface area contributed by atoms with Gasteiger partial charge < -0.3 is 5.73 Å². The summed E-state index contributed by atoms with van der Waals surface area (Å²) < 4.78 is 0. The molecule has 0 aromatic heterocycles. The first kappa shape index (κ1) is 8.52. The zero-order valence-corrected chi connectivity index (χ0v) is 8.43. The van der Waals surface area contributed by atoms with Crippen LogP contribution in [0.2, 0.25) is 0 Å². The molecule has 1 saturated carbocycles. The van der Waals surface area contributed by atoms with Gasteiger partial charge in [0.2, 0.25) is 0 Å². The van der Waals surface area contributed by atoms with Crippen LogP contribution in [0, 0.1) is 5.92 Å². The maximum absolute atomic E-state index is 5.85. The molecule has 0 unspecified atom stereocenters. The fourth-order valence-corrected chi connectivity index (χ4v) is 3.08. The lowest BCUT2D eigenvalue weighted by Crippen LogP contribution is -2.57. The Morgan fingerprint density at radius 2 is 2.00 bits per heavy atom. The van der Waals surface area contributed by atoms with Gasteiger partial charge in [-0.3, -0.25) is 4.90 Å². The van der Waals surface area contributed by atoms with E-state index >= 15 is 0 Å². The molecule has 2 N–H and O–H groups in total. The summed E-state index contributed by atoms with van der Waals surface area (Å²) in [6, 6.07) is 0. The van der Waals surface area contributed by atoms with Gasteiger partial charge in [-0.15, -0.1) is 0 Å². The molecule has 2 nitrogen and oxygen atoms in total. The second kappa shape index (κ2) is 2.24. The number of hydrogen-bond acceptors (Lipinski definition) is 2. The lowest BCUT2D eigenvalue weighted by molar-refractivity contribution is 0.0430. The highest BCUT2D eigenvalue weighted by molar-refractivity contribution is 5.13. The minimum atomic E-state index is 0.310. The monoisotopic (exact) mass is 168 g/mol. The molecule has 0 aromatic rings. The van der Waals surface area contributed by atoms with Gasteiger partial charge in [0.25, 0.3) is 0 Å². The van der Waals surface area contributed by atoms with Gasteiger partial charge in [-0.25, -0.2) is 0 Å². The molecule has 3 aliphatic rings. The first-order chi connectivity index (χ1) is 5.48. The van der Waals surface area contributed by atoms with E-state index in [4.69, 9.17) is 5.73 Å². The van der Waals surface area contributed by atoms with Crippen molar-refractivity contribution >= 4 is 0 Å². The van der Waals surface area contributed by atoms with Crippen LogP contribution in [0.4, 0.5) is 0 Å². The SMILES string of the molecule is CC(C)(C)N1CC2CC1(CN)C2. The first-order valence-electron chi connectivity index (χ1n) is 4.96. The van der Waals surface area contributed by atoms with Crippen molar-refractivity contribution in [1.29, 1.82) is 0 Å². The van der Waals surface area contributed by atoms with Crippen molar-refractivity contribution in [2.45, 2.75) is 44.7 Å². The fraction of sp³-hybridized carbons (Fsp3) is 1.00. The van der Waals surface area contributed by atoms with Crippen LogP contribution in [0.5, 0.6) is 0 Å². The van der Waals surface area contributed by atoms with E-state index in [2.05, 4.69) is 25.7 Å². The molecule has 3 fully saturated rings. The minimum Gasteiger partial charge on any atom is -0.329 e. The van der Waals surface area contributed by atoms with Gasteiger partial charge in [-0.05, 0) is 39.5 Å². The average molecular weight is 168 g/mol. The highest BCUT2D eigenvalue weighted by Crippen LogP contribution is 2.52. The maximum atomic E-state index is 5.85. The van der Waals surface area contributed by atoms with E-state index in [0.29, 0.717) is 11.1 Å². The van der Waals surface area contributed by atoms with Crippen LogP contribution >= 0.6 is 0 Å². The Bertz CT molecular complexity index is 187. The summed E-state index contributed by atoms with van der Waals surface area (Å²) >= 11 is 0. The highest BCUT2D eigenvalue weighted by atomic mass is 15.3. The molecule has 0 amide bonds. The summed E-state index contributed by atoms with van der Waals surface area (Å²) in [6.45, 7) is 9.02. The number of fused-ring (bicyclic) bond motifs is 1. The van der Waals surface area contributed by atoms with E-state index in [9.17, 15) is 0 Å². The third-order valence-corrected chi connectivity index (χ3v) is 3.54. The summed E-state index contributed by atoms with van der Waals surface area (Å²) in [6.07, 6.45) is 2.70. The summed E-state index contributed by atoms with van der Waals surface area (Å²) in [5, 5.41) is 0. The molecule has 2 heteroatoms. The van der Waals surface area contributed by atoms with Gasteiger partial charge in [0.05, 0.1) is 0 Å². The molecular weight excluding hydrogens is 148 g/mol. The van der Waals surface area contributed by atoms with Crippen LogP contribution in [-0.4, -0.2) is 29.1 Å². The first-order valence-corrected chi connectivity index (χ1v) is 4.96. The van der Waals surface area contributed by atoms with Crippen LogP contribution in [0.3, 0.4) is 0 Å². The van der Waals surface area contributed by atoms with Crippen molar-refractivity contribution < 1.29 is 0 Å². The predicted octanol–water partition coefficient (Wildman–Crippen LogP) is 1.21. The van der Waals surface area contributed by atoms with E-state index in [0.717, 1.165) is 12.5 Å². The number of nitrogens with two attached hydrogens (primary N) is 1. The summed E-state index contributed by atoms with van der Waals surface area (Å²) in [5.74, 6) is 0.952. The molecule has 2 heterocycles. The standard InChI is InChI=1S/C10H20N2/c1-9(2,3)12-6-8-4-10(12,5-8)7-11/h8H,4-7,11H2,1-3H3. The quantitative estimate of drug-likeness (QED) is 0.637. The van der Waals surface area contributed by atoms with Gasteiger partial charge in [0.1, 0.15) is 0 Å². The molecule has 0 spiro atoms. The molecule has 3 rings (SSSR count). The second-order valence-electron chi connectivity index (χ2n) is 5.48. The summed E-state index contributed by atoms with van der Waals surface area (Å²) in [4.78, 5) is 2.62. The van der Waals surface area contributed by atoms with Gasteiger partial charge in [0.15, 0.2) is 0 Å². The molecule has 2 bridgehead atoms. The molecule has 2 saturated heterocycles. The Morgan fingerprint density at radius 3 is 2.33 bits per heavy atom. The average Bonchev–Trinajstić information content (AvgIpc) is 2.35. The Hall–Kier alpha value is -0.0800. The Kier molecular flexibility index (Phi) is 1.59. The van der Waals surface area contributed by atoms with Crippen LogP contribution in [0.15, 0.2) is 0 Å². The normalized spacial score (nSPS) is 41.5. The Labute approximate surface area is 75.1 Å². The molecule has 70 valence electrons. The van der Waals surface area contributed by atoms with Crippen LogP contribution in [0.1, 0.15) is 33.6 Å². The van der Waals surface area contributed by atoms with Gasteiger partial charge in [-0.2, -0.15) is 0 Å². The summed E-state index contributed by atoms with van der Waals surface area (Å²) in [7, 11) is 0. The molecule has 0 radical (unpaired) electrons. The molecule has 2 aliphatic heterocycles. The maximum Gasteiger partial charge on any atom is 0.0343 e. The van der Waals surface area contributed by atoms with E-state index in [-0.39, 0.29) is 0 Å². The molecule has 0 aromatic carbocycles. The van der Waals surface area contributed by atoms with Gasteiger partial charge in [-0.1, -0.05) is 0 Å². The topological polar surface area (TPSA) is 29.3 Å². The molecule has 0 atom stereocenters. The zero-order valence-electron chi connectivity index (χ0n) is 8.43. The second-order valence-corrected chi connectivity index (χ2v) is 5.48. The van der Waals surface area contributed by atoms with Crippen LogP contribution < -0.4 is 5.73 Å². The molecule has 1 aliphatic carbocycles. The smallest absolute Gasteiger partial charge is 0.0343 e. The number of hydrogen-bond donors (Lipinski definition) is 1. The Balaban J connectivity index is 2.18. The predicted molar refractivity (Wildman–Crippen MR) is 51.0 cm³/mol. The minimum absolute atomic E-state index is 0.310. The largest absolute Gasteiger partial charge is 0.329 e. The van der Waals surface area contributed by atoms with Gasteiger partial charge in [0, 0.05) is 24.2 Å². The van der Waals surface area contributed by atoms with Crippen molar-refractivity contribution in [2.75, 3.05) is 13.1 Å². The molecule has 12 heavy (non-hydrogen) atoms. The third-order valence-electron chi connectivity index (χ3n) is 3.54. The van der Waals surface area contributed by atoms with E-state index < -0.39 is 0 Å². The van der Waals surface area contributed by atoms with Crippen LogP contribution in [-0.2, 0) is 0 Å². The lowest BCUT2D eigenvalue weighted by atomic mass is 9.73. The summed E-state index contributed by atoms with van der Waals surface area (Å²) in [5.41, 5.74) is 6.55. The lowest BCUT2D eigenvalue weighted by Gasteiger charge is -2.47. The van der Waals surface area contributed by atoms with Gasteiger partial charge >= 0.3 is 0 Å². The van der Waals surface area contributed by atoms with Crippen molar-refractivity contribution in [3.8, 4) is 0 Å². The fourth-order valence-electron chi connectivity index (χ4n) is 3.08. The van der Waals surface area contributed by atoms with Crippen molar-refractivity contribution in [3.63, 3.8) is 0 Å². The van der Waals surface area contributed by atoms with E-state index in [1.807, 2.05) is 0 Å². The zero-order chi connectivity index (χ0) is 8.98. The van der Waals surface area contributed by atoms with E-state index in [1.165, 1.54) is 19.4 Å². The molecular formula is C10H20N2. The van der Waals surface area contributed by atoms with Crippen LogP contribution in [0.25, 0.3) is 0 Å². The highest BCUT2D eigenvalue weighted by Gasteiger charge is 2.57. The van der Waals surface area contributed by atoms with Crippen molar-refractivity contribution in [3.05, 3.63) is 0 Å². The third kappa shape index (κ3) is 0.944. The Morgan fingerprint density at radius 1 is 1.42 bits per heavy atom.